The van der Waals surface area contributed by atoms with Crippen LogP contribution in [-0.4, -0.2) is 29.3 Å². The van der Waals surface area contributed by atoms with Crippen molar-refractivity contribution in [2.75, 3.05) is 6.61 Å². The number of benzene rings is 1. The van der Waals surface area contributed by atoms with E-state index in [9.17, 15) is 30.0 Å². The first kappa shape index (κ1) is 30.7. The van der Waals surface area contributed by atoms with E-state index in [1.165, 1.54) is 24.3 Å². The molecule has 1 fully saturated rings. The minimum atomic E-state index is -1.36. The molecule has 10 heteroatoms. The normalized spacial score (nSPS) is 23.6. The van der Waals surface area contributed by atoms with Gasteiger partial charge in [0.05, 0.1) is 11.6 Å². The zero-order valence-corrected chi connectivity index (χ0v) is 22.8. The van der Waals surface area contributed by atoms with Crippen LogP contribution in [0.3, 0.4) is 0 Å². The van der Waals surface area contributed by atoms with Gasteiger partial charge in [0.25, 0.3) is 0 Å². The number of rotatable bonds is 6. The van der Waals surface area contributed by atoms with Crippen LogP contribution >= 0.6 is 0 Å². The Kier molecular flexibility index (Phi) is 14.2. The third-order valence-electron chi connectivity index (χ3n) is 4.65. The molecule has 0 heterocycles. The fraction of sp³-hybridized carbons (Fsp3) is 0.444. The van der Waals surface area contributed by atoms with Crippen molar-refractivity contribution in [3.63, 3.8) is 0 Å². The summed E-state index contributed by atoms with van der Waals surface area (Å²) < 4.78 is 5.43. The zero-order chi connectivity index (χ0) is 18.7. The van der Waals surface area contributed by atoms with E-state index in [4.69, 9.17) is 4.74 Å². The van der Waals surface area contributed by atoms with Gasteiger partial charge in [-0.25, -0.2) is 0 Å². The molecule has 28 heavy (non-hydrogen) atoms. The monoisotopic (exact) mass is 416 g/mol. The van der Waals surface area contributed by atoms with Crippen molar-refractivity contribution in [2.24, 2.45) is 5.41 Å². The van der Waals surface area contributed by atoms with Crippen LogP contribution in [0.1, 0.15) is 38.2 Å². The molecule has 1 aliphatic rings. The van der Waals surface area contributed by atoms with E-state index in [1.54, 1.807) is 6.92 Å². The average molecular weight is 416 g/mol. The Bertz CT molecular complexity index is 698. The van der Waals surface area contributed by atoms with Gasteiger partial charge in [-0.1, -0.05) is 30.9 Å². The first-order valence-corrected chi connectivity index (χ1v) is 7.90. The van der Waals surface area contributed by atoms with Gasteiger partial charge >= 0.3 is 88.7 Å². The second-order valence-electron chi connectivity index (χ2n) is 6.72. The molecule has 1 saturated carbocycles. The summed E-state index contributed by atoms with van der Waals surface area (Å²) in [6.07, 6.45) is 3.05. The van der Waals surface area contributed by atoms with Crippen molar-refractivity contribution >= 4 is 18.0 Å². The summed E-state index contributed by atoms with van der Waals surface area (Å²) in [4.78, 5) is 21.6. The van der Waals surface area contributed by atoms with E-state index in [-0.39, 0.29) is 127 Å². The molecule has 0 aliphatic heterocycles. The fourth-order valence-electron chi connectivity index (χ4n) is 2.73. The summed E-state index contributed by atoms with van der Waals surface area (Å²) in [7, 11) is 0. The number of carbonyl (C=O) groups excluding carboxylic acids is 2. The first-order chi connectivity index (χ1) is 11.6. The van der Waals surface area contributed by atoms with E-state index in [2.05, 4.69) is 0 Å². The SMILES string of the molecule is CC1(C(=O)[O-])CCC(O)(COc2cc(C=CC(=O)[O-])ccc2[O-])CC1.[Na+].[Na+].[Na+]. The molecule has 0 amide bonds. The second-order valence-corrected chi connectivity index (χ2v) is 6.72. The Morgan fingerprint density at radius 3 is 2.21 bits per heavy atom. The Morgan fingerprint density at radius 1 is 1.14 bits per heavy atom. The maximum atomic E-state index is 11.8. The number of hydrogen-bond acceptors (Lipinski definition) is 7. The number of hydrogen-bond donors (Lipinski definition) is 1. The van der Waals surface area contributed by atoms with E-state index in [1.807, 2.05) is 0 Å². The van der Waals surface area contributed by atoms with Crippen LogP contribution in [0.2, 0.25) is 0 Å². The van der Waals surface area contributed by atoms with Crippen molar-refractivity contribution in [2.45, 2.75) is 38.2 Å². The smallest absolute Gasteiger partial charge is 0.870 e. The molecule has 136 valence electrons. The number of carboxylic acids is 2. The molecule has 0 saturated heterocycles. The number of aliphatic hydroxyl groups is 1. The molecule has 0 radical (unpaired) electrons. The second kappa shape index (κ2) is 13.0. The Morgan fingerprint density at radius 2 is 1.71 bits per heavy atom. The maximum absolute atomic E-state index is 11.8. The number of carbonyl (C=O) groups is 2. The molecule has 7 nitrogen and oxygen atoms in total. The summed E-state index contributed by atoms with van der Waals surface area (Å²) in [5.41, 5.74) is -1.75. The van der Waals surface area contributed by atoms with Crippen LogP contribution in [-0.2, 0) is 9.59 Å². The molecule has 1 aromatic carbocycles. The molecule has 0 atom stereocenters. The topological polar surface area (TPSA) is 133 Å². The standard InChI is InChI=1S/C18H22O7.3Na/c1-17(16(22)23)6-8-18(24,9-7-17)11-25-14-10-12(2-4-13(14)19)3-5-15(20)21;;;/h2-5,10,19,24H,6-9,11H2,1H3,(H,20,21)(H,22,23);;;/q;3*+1/p-3. The predicted octanol–water partition coefficient (Wildman–Crippen LogP) is -10.0. The number of ether oxygens (including phenoxy) is 1. The summed E-state index contributed by atoms with van der Waals surface area (Å²) in [6.45, 7) is 1.44. The molecule has 1 aromatic rings. The molecule has 0 aromatic heterocycles. The van der Waals surface area contributed by atoms with Crippen LogP contribution in [0.15, 0.2) is 24.3 Å². The molecule has 0 unspecified atom stereocenters. The van der Waals surface area contributed by atoms with Crippen LogP contribution in [0.25, 0.3) is 6.08 Å². The van der Waals surface area contributed by atoms with Gasteiger partial charge < -0.3 is 34.8 Å². The van der Waals surface area contributed by atoms with E-state index in [0.29, 0.717) is 5.56 Å². The summed E-state index contributed by atoms with van der Waals surface area (Å²) in [6, 6.07) is 4.05. The molecule has 0 spiro atoms. The van der Waals surface area contributed by atoms with Crippen molar-refractivity contribution in [1.29, 1.82) is 0 Å². The van der Waals surface area contributed by atoms with E-state index in [0.717, 1.165) is 6.08 Å². The van der Waals surface area contributed by atoms with Gasteiger partial charge in [0.1, 0.15) is 12.4 Å². The molecule has 0 bridgehead atoms. The van der Waals surface area contributed by atoms with Crippen molar-refractivity contribution in [3.8, 4) is 11.5 Å². The molecule has 1 N–H and O–H groups in total. The third kappa shape index (κ3) is 8.68. The van der Waals surface area contributed by atoms with Crippen LogP contribution < -0.4 is 109 Å². The van der Waals surface area contributed by atoms with Gasteiger partial charge in [-0.05, 0) is 43.4 Å². The molecule has 1 aliphatic carbocycles. The van der Waals surface area contributed by atoms with Crippen LogP contribution in [0, 0.1) is 5.41 Å². The number of carboxylic acid groups (broad SMARTS) is 2. The van der Waals surface area contributed by atoms with Gasteiger partial charge in [-0.3, -0.25) is 0 Å². The van der Waals surface area contributed by atoms with Crippen LogP contribution in [0.5, 0.6) is 11.5 Å². The summed E-state index contributed by atoms with van der Waals surface area (Å²) >= 11 is 0. The quantitative estimate of drug-likeness (QED) is 0.360. The van der Waals surface area contributed by atoms with Gasteiger partial charge in [-0.15, -0.1) is 0 Å². The van der Waals surface area contributed by atoms with Gasteiger partial charge in [-0.2, -0.15) is 0 Å². The molecular weight excluding hydrogens is 397 g/mol. The zero-order valence-electron chi connectivity index (χ0n) is 16.8. The van der Waals surface area contributed by atoms with Crippen molar-refractivity contribution in [1.82, 2.24) is 0 Å². The maximum Gasteiger partial charge on any atom is 1.00 e. The average Bonchev–Trinajstić information content (AvgIpc) is 2.56. The predicted molar refractivity (Wildman–Crippen MR) is 82.0 cm³/mol. The molecular formula is C18H19Na3O7. The van der Waals surface area contributed by atoms with Crippen LogP contribution in [0.4, 0.5) is 0 Å². The largest absolute Gasteiger partial charge is 1.00 e. The summed E-state index contributed by atoms with van der Waals surface area (Å²) in [5.74, 6) is -2.90. The minimum Gasteiger partial charge on any atom is -0.870 e. The number of aliphatic carboxylic acids is 2. The Labute approximate surface area is 230 Å². The summed E-state index contributed by atoms with van der Waals surface area (Å²) in [5, 5.41) is 43.9. The Hall–Kier alpha value is 0.460. The molecule has 2 rings (SSSR count). The van der Waals surface area contributed by atoms with E-state index < -0.39 is 28.7 Å². The van der Waals surface area contributed by atoms with Crippen molar-refractivity contribution < 1.29 is 123 Å². The van der Waals surface area contributed by atoms with Gasteiger partial charge in [0.2, 0.25) is 0 Å². The third-order valence-corrected chi connectivity index (χ3v) is 4.65. The Balaban J connectivity index is 0. The minimum absolute atomic E-state index is 0. The van der Waals surface area contributed by atoms with Crippen molar-refractivity contribution in [3.05, 3.63) is 29.8 Å². The fourth-order valence-corrected chi connectivity index (χ4v) is 2.73. The van der Waals surface area contributed by atoms with E-state index >= 15 is 0 Å². The van der Waals surface area contributed by atoms with Gasteiger partial charge in [0, 0.05) is 11.4 Å². The first-order valence-electron chi connectivity index (χ1n) is 7.90. The van der Waals surface area contributed by atoms with Gasteiger partial charge in [0.15, 0.2) is 0 Å².